The molecule has 0 saturated heterocycles. The molecule has 0 aliphatic carbocycles. The van der Waals surface area contributed by atoms with Gasteiger partial charge in [-0.15, -0.1) is 0 Å². The van der Waals surface area contributed by atoms with Gasteiger partial charge in [-0.1, -0.05) is 12.1 Å². The second-order valence-corrected chi connectivity index (χ2v) is 7.47. The van der Waals surface area contributed by atoms with Crippen molar-refractivity contribution in [1.82, 2.24) is 14.8 Å². The molecule has 1 aromatic carbocycles. The highest BCUT2D eigenvalue weighted by Crippen LogP contribution is 2.23. The second kappa shape index (κ2) is 9.59. The largest absolute Gasteiger partial charge is 0.478 e. The molecule has 2 N–H and O–H groups in total. The predicted molar refractivity (Wildman–Crippen MR) is 120 cm³/mol. The van der Waals surface area contributed by atoms with Crippen LogP contribution in [0.2, 0.25) is 0 Å². The minimum atomic E-state index is -1.17. The molecule has 3 rings (SSSR count). The molecule has 0 aliphatic rings. The van der Waals surface area contributed by atoms with Crippen LogP contribution in [0, 0.1) is 19.7 Å². The maximum absolute atomic E-state index is 13.8. The van der Waals surface area contributed by atoms with Gasteiger partial charge in [-0.2, -0.15) is 5.10 Å². The van der Waals surface area contributed by atoms with Gasteiger partial charge in [0.1, 0.15) is 17.2 Å². The molecule has 32 heavy (non-hydrogen) atoms. The lowest BCUT2D eigenvalue weighted by atomic mass is 10.1. The number of rotatable bonds is 8. The van der Waals surface area contributed by atoms with Gasteiger partial charge in [-0.3, -0.25) is 9.48 Å². The highest BCUT2D eigenvalue weighted by atomic mass is 19.1. The average Bonchev–Trinajstić information content (AvgIpc) is 3.04. The SMILES string of the molecule is CCn1nc(C)c(CCN(C)c2ncc(NC(=O)c3ccccc3F)cc2C(=O)O)c1C. The number of aryl methyl sites for hydroxylation is 2. The molecular weight excluding hydrogens is 413 g/mol. The van der Waals surface area contributed by atoms with Crippen LogP contribution in [0.25, 0.3) is 0 Å². The molecule has 0 aliphatic heterocycles. The molecule has 0 atom stereocenters. The van der Waals surface area contributed by atoms with Crippen LogP contribution in [-0.2, 0) is 13.0 Å². The molecule has 0 bridgehead atoms. The van der Waals surface area contributed by atoms with E-state index in [1.165, 1.54) is 30.5 Å². The normalized spacial score (nSPS) is 10.8. The summed E-state index contributed by atoms with van der Waals surface area (Å²) in [7, 11) is 1.77. The van der Waals surface area contributed by atoms with Crippen molar-refractivity contribution in [2.45, 2.75) is 33.7 Å². The minimum Gasteiger partial charge on any atom is -0.478 e. The van der Waals surface area contributed by atoms with E-state index >= 15 is 0 Å². The molecule has 2 aromatic heterocycles. The maximum atomic E-state index is 13.8. The van der Waals surface area contributed by atoms with Crippen molar-refractivity contribution < 1.29 is 19.1 Å². The van der Waals surface area contributed by atoms with Crippen LogP contribution >= 0.6 is 0 Å². The van der Waals surface area contributed by atoms with Gasteiger partial charge in [-0.05, 0) is 51.0 Å². The summed E-state index contributed by atoms with van der Waals surface area (Å²) in [5.41, 5.74) is 3.15. The van der Waals surface area contributed by atoms with Gasteiger partial charge in [0.25, 0.3) is 5.91 Å². The van der Waals surface area contributed by atoms with Crippen LogP contribution in [0.3, 0.4) is 0 Å². The van der Waals surface area contributed by atoms with Crippen LogP contribution < -0.4 is 10.2 Å². The zero-order valence-electron chi connectivity index (χ0n) is 18.5. The number of carbonyl (C=O) groups excluding carboxylic acids is 1. The summed E-state index contributed by atoms with van der Waals surface area (Å²) in [5, 5.41) is 16.7. The van der Waals surface area contributed by atoms with Crippen LogP contribution in [0.15, 0.2) is 36.5 Å². The summed E-state index contributed by atoms with van der Waals surface area (Å²) in [5.74, 6) is -2.24. The van der Waals surface area contributed by atoms with E-state index in [0.29, 0.717) is 13.0 Å². The number of aromatic nitrogens is 3. The van der Waals surface area contributed by atoms with Gasteiger partial charge in [0.2, 0.25) is 0 Å². The number of amides is 1. The first-order chi connectivity index (χ1) is 15.2. The number of carboxylic acids is 1. The molecule has 0 unspecified atom stereocenters. The van der Waals surface area contributed by atoms with Gasteiger partial charge in [0.05, 0.1) is 23.1 Å². The molecule has 168 valence electrons. The van der Waals surface area contributed by atoms with Gasteiger partial charge in [0.15, 0.2) is 0 Å². The summed E-state index contributed by atoms with van der Waals surface area (Å²) in [4.78, 5) is 30.2. The van der Waals surface area contributed by atoms with Gasteiger partial charge in [0, 0.05) is 25.8 Å². The molecule has 3 aromatic rings. The summed E-state index contributed by atoms with van der Waals surface area (Å²) >= 11 is 0. The molecule has 1 amide bonds. The average molecular weight is 439 g/mol. The van der Waals surface area contributed by atoms with Gasteiger partial charge in [-0.25, -0.2) is 14.2 Å². The second-order valence-electron chi connectivity index (χ2n) is 7.47. The number of halogens is 1. The van der Waals surface area contributed by atoms with Crippen LogP contribution in [0.1, 0.15) is 44.6 Å². The monoisotopic (exact) mass is 439 g/mol. The number of hydrogen-bond acceptors (Lipinski definition) is 5. The van der Waals surface area contributed by atoms with Crippen molar-refractivity contribution in [2.24, 2.45) is 0 Å². The molecule has 0 saturated carbocycles. The van der Waals surface area contributed by atoms with Crippen molar-refractivity contribution in [3.63, 3.8) is 0 Å². The lowest BCUT2D eigenvalue weighted by molar-refractivity contribution is 0.0696. The number of likely N-dealkylation sites (N-methyl/N-ethyl adjacent to an activating group) is 1. The quantitative estimate of drug-likeness (QED) is 0.555. The van der Waals surface area contributed by atoms with Crippen molar-refractivity contribution in [3.8, 4) is 0 Å². The minimum absolute atomic E-state index is 0.0588. The van der Waals surface area contributed by atoms with Crippen LogP contribution in [-0.4, -0.2) is 45.3 Å². The summed E-state index contributed by atoms with van der Waals surface area (Å²) in [6.07, 6.45) is 2.04. The fourth-order valence-electron chi connectivity index (χ4n) is 3.62. The third-order valence-electron chi connectivity index (χ3n) is 5.36. The van der Waals surface area contributed by atoms with E-state index in [2.05, 4.69) is 15.4 Å². The zero-order chi connectivity index (χ0) is 23.4. The van der Waals surface area contributed by atoms with E-state index in [0.717, 1.165) is 23.5 Å². The Kier molecular flexibility index (Phi) is 6.87. The number of aromatic carboxylic acids is 1. The first-order valence-corrected chi connectivity index (χ1v) is 10.3. The Morgan fingerprint density at radius 3 is 2.56 bits per heavy atom. The number of nitrogens with zero attached hydrogens (tertiary/aromatic N) is 4. The van der Waals surface area contributed by atoms with Crippen molar-refractivity contribution in [2.75, 3.05) is 23.8 Å². The van der Waals surface area contributed by atoms with E-state index in [4.69, 9.17) is 0 Å². The topological polar surface area (TPSA) is 100 Å². The number of nitrogens with one attached hydrogen (secondary N) is 1. The Balaban J connectivity index is 1.78. The van der Waals surface area contributed by atoms with Crippen LogP contribution in [0.5, 0.6) is 0 Å². The molecule has 0 spiro atoms. The smallest absolute Gasteiger partial charge is 0.339 e. The fraction of sp³-hybridized carbons (Fsp3) is 0.304. The highest BCUT2D eigenvalue weighted by Gasteiger charge is 2.19. The van der Waals surface area contributed by atoms with Gasteiger partial charge >= 0.3 is 5.97 Å². The van der Waals surface area contributed by atoms with Crippen molar-refractivity contribution in [3.05, 3.63) is 70.4 Å². The molecule has 8 nitrogen and oxygen atoms in total. The maximum Gasteiger partial charge on any atom is 0.339 e. The zero-order valence-corrected chi connectivity index (χ0v) is 18.5. The molecular formula is C23H26FN5O3. The first-order valence-electron chi connectivity index (χ1n) is 10.3. The molecule has 9 heteroatoms. The van der Waals surface area contributed by atoms with E-state index < -0.39 is 17.7 Å². The fourth-order valence-corrected chi connectivity index (χ4v) is 3.62. The number of carboxylic acid groups (broad SMARTS) is 1. The summed E-state index contributed by atoms with van der Waals surface area (Å²) in [6.45, 7) is 7.33. The Bertz CT molecular complexity index is 1160. The Morgan fingerprint density at radius 2 is 1.94 bits per heavy atom. The lowest BCUT2D eigenvalue weighted by Crippen LogP contribution is -2.24. The number of anilines is 2. The highest BCUT2D eigenvalue weighted by molar-refractivity contribution is 6.05. The summed E-state index contributed by atoms with van der Waals surface area (Å²) in [6, 6.07) is 6.89. The lowest BCUT2D eigenvalue weighted by Gasteiger charge is -2.20. The van der Waals surface area contributed by atoms with E-state index in [9.17, 15) is 19.1 Å². The number of hydrogen-bond donors (Lipinski definition) is 2. The van der Waals surface area contributed by atoms with Crippen LogP contribution in [0.4, 0.5) is 15.9 Å². The van der Waals surface area contributed by atoms with Gasteiger partial charge < -0.3 is 15.3 Å². The van der Waals surface area contributed by atoms with E-state index in [-0.39, 0.29) is 22.6 Å². The number of carbonyl (C=O) groups is 2. The summed E-state index contributed by atoms with van der Waals surface area (Å²) < 4.78 is 15.8. The molecule has 0 radical (unpaired) electrons. The predicted octanol–water partition coefficient (Wildman–Crippen LogP) is 3.68. The molecule has 2 heterocycles. The standard InChI is InChI=1S/C23H26FN5O3/c1-5-29-15(3)17(14(2)27-29)10-11-28(4)21-19(23(31)32)12-16(13-25-21)26-22(30)18-8-6-7-9-20(18)24/h6-9,12-13H,5,10-11H2,1-4H3,(H,26,30)(H,31,32). The first kappa shape index (κ1) is 22.9. The Hall–Kier alpha value is -3.75. The van der Waals surface area contributed by atoms with Crippen molar-refractivity contribution >= 4 is 23.4 Å². The van der Waals surface area contributed by atoms with E-state index in [1.54, 1.807) is 18.0 Å². The Labute approximate surface area is 185 Å². The Morgan fingerprint density at radius 1 is 1.22 bits per heavy atom. The van der Waals surface area contributed by atoms with E-state index in [1.807, 2.05) is 25.5 Å². The third-order valence-corrected chi connectivity index (χ3v) is 5.36. The number of pyridine rings is 1. The number of benzene rings is 1. The third kappa shape index (κ3) is 4.77. The molecule has 0 fully saturated rings. The van der Waals surface area contributed by atoms with Crippen molar-refractivity contribution in [1.29, 1.82) is 0 Å².